The van der Waals surface area contributed by atoms with Crippen molar-refractivity contribution in [1.29, 1.82) is 0 Å². The molecular formula is C21H25N5O2S. The number of nitrogens with zero attached hydrogens (tertiary/aromatic N) is 4. The highest BCUT2D eigenvalue weighted by molar-refractivity contribution is 7.14. The van der Waals surface area contributed by atoms with Crippen molar-refractivity contribution in [1.82, 2.24) is 14.8 Å². The Bertz CT molecular complexity index is 960. The third-order valence-corrected chi connectivity index (χ3v) is 5.95. The predicted octanol–water partition coefficient (Wildman–Crippen LogP) is 3.43. The molecule has 1 unspecified atom stereocenters. The Morgan fingerprint density at radius 1 is 1.24 bits per heavy atom. The topological polar surface area (TPSA) is 72.3 Å². The van der Waals surface area contributed by atoms with Crippen LogP contribution < -0.4 is 10.2 Å². The summed E-state index contributed by atoms with van der Waals surface area (Å²) < 4.78 is 7.25. The van der Waals surface area contributed by atoms with Crippen LogP contribution in [-0.4, -0.2) is 47.0 Å². The lowest BCUT2D eigenvalue weighted by Gasteiger charge is -2.26. The minimum Gasteiger partial charge on any atom is -0.378 e. The summed E-state index contributed by atoms with van der Waals surface area (Å²) in [6.45, 7) is 7.73. The molecule has 29 heavy (non-hydrogen) atoms. The maximum absolute atomic E-state index is 12.5. The van der Waals surface area contributed by atoms with Gasteiger partial charge in [-0.1, -0.05) is 19.1 Å². The quantitative estimate of drug-likeness (QED) is 0.673. The number of amides is 1. The van der Waals surface area contributed by atoms with Crippen molar-refractivity contribution in [2.45, 2.75) is 20.4 Å². The van der Waals surface area contributed by atoms with E-state index in [1.807, 2.05) is 48.9 Å². The van der Waals surface area contributed by atoms with E-state index >= 15 is 0 Å². The summed E-state index contributed by atoms with van der Waals surface area (Å²) in [6.07, 6.45) is 1.75. The molecule has 1 aliphatic heterocycles. The van der Waals surface area contributed by atoms with Crippen molar-refractivity contribution in [3.8, 4) is 11.3 Å². The number of hydrogen-bond acceptors (Lipinski definition) is 6. The van der Waals surface area contributed by atoms with Crippen LogP contribution in [-0.2, 0) is 16.1 Å². The zero-order chi connectivity index (χ0) is 20.2. The molecule has 1 N–H and O–H groups in total. The summed E-state index contributed by atoms with van der Waals surface area (Å²) >= 11 is 1.65. The van der Waals surface area contributed by atoms with Gasteiger partial charge in [0.05, 0.1) is 31.4 Å². The first-order valence-corrected chi connectivity index (χ1v) is 10.7. The van der Waals surface area contributed by atoms with Crippen LogP contribution in [0.3, 0.4) is 0 Å². The number of hydrogen-bond donors (Lipinski definition) is 1. The number of carbonyl (C=O) groups excluding carboxylic acids is 1. The molecule has 2 aromatic heterocycles. The van der Waals surface area contributed by atoms with Crippen molar-refractivity contribution in [2.24, 2.45) is 5.92 Å². The Balaban J connectivity index is 1.37. The normalized spacial score (nSPS) is 15.3. The van der Waals surface area contributed by atoms with Crippen molar-refractivity contribution < 1.29 is 9.53 Å². The second kappa shape index (κ2) is 8.75. The smallest absolute Gasteiger partial charge is 0.229 e. The second-order valence-corrected chi connectivity index (χ2v) is 8.07. The van der Waals surface area contributed by atoms with Crippen LogP contribution in [0.15, 0.2) is 41.9 Å². The fourth-order valence-electron chi connectivity index (χ4n) is 3.22. The molecule has 1 amide bonds. The van der Waals surface area contributed by atoms with Gasteiger partial charge in [-0.15, -0.1) is 11.3 Å². The number of morpholine rings is 1. The number of carbonyl (C=O) groups is 1. The molecular weight excluding hydrogens is 386 g/mol. The zero-order valence-electron chi connectivity index (χ0n) is 16.7. The molecule has 1 aliphatic rings. The Morgan fingerprint density at radius 3 is 2.69 bits per heavy atom. The molecule has 8 heteroatoms. The van der Waals surface area contributed by atoms with Gasteiger partial charge in [-0.25, -0.2) is 4.98 Å². The van der Waals surface area contributed by atoms with Crippen molar-refractivity contribution >= 4 is 28.1 Å². The average molecular weight is 412 g/mol. The molecule has 0 aliphatic carbocycles. The lowest BCUT2D eigenvalue weighted by atomic mass is 10.1. The number of rotatable bonds is 6. The van der Waals surface area contributed by atoms with Gasteiger partial charge >= 0.3 is 0 Å². The van der Waals surface area contributed by atoms with Crippen LogP contribution in [0.25, 0.3) is 11.3 Å². The lowest BCUT2D eigenvalue weighted by Crippen LogP contribution is -2.36. The minimum atomic E-state index is -0.178. The van der Waals surface area contributed by atoms with Gasteiger partial charge in [0.25, 0.3) is 0 Å². The Morgan fingerprint density at radius 2 is 2.00 bits per heavy atom. The highest BCUT2D eigenvalue weighted by Crippen LogP contribution is 2.28. The van der Waals surface area contributed by atoms with Gasteiger partial charge in [-0.05, 0) is 25.1 Å². The van der Waals surface area contributed by atoms with Crippen LogP contribution in [0.2, 0.25) is 0 Å². The van der Waals surface area contributed by atoms with E-state index in [0.717, 1.165) is 54.1 Å². The predicted molar refractivity (Wildman–Crippen MR) is 115 cm³/mol. The van der Waals surface area contributed by atoms with Crippen molar-refractivity contribution in [3.63, 3.8) is 0 Å². The summed E-state index contributed by atoms with van der Waals surface area (Å²) in [6, 6.07) is 9.78. The molecule has 152 valence electrons. The van der Waals surface area contributed by atoms with Crippen LogP contribution in [0.1, 0.15) is 12.6 Å². The van der Waals surface area contributed by atoms with E-state index in [1.165, 1.54) is 0 Å². The van der Waals surface area contributed by atoms with E-state index in [9.17, 15) is 4.79 Å². The summed E-state index contributed by atoms with van der Waals surface area (Å²) in [5.74, 6) is -0.196. The number of anilines is 2. The van der Waals surface area contributed by atoms with Crippen LogP contribution in [0.5, 0.6) is 0 Å². The molecule has 1 aromatic carbocycles. The van der Waals surface area contributed by atoms with Crippen LogP contribution in [0, 0.1) is 12.8 Å². The maximum Gasteiger partial charge on any atom is 0.229 e. The Labute approximate surface area is 174 Å². The lowest BCUT2D eigenvalue weighted by molar-refractivity contribution is -0.119. The van der Waals surface area contributed by atoms with Gasteiger partial charge in [0.1, 0.15) is 0 Å². The number of benzene rings is 1. The SMILES string of the molecule is Cc1ccnn1CC(C)C(=O)Nc1ccc(-c2csc(N3CCOCC3)n2)cc1. The minimum absolute atomic E-state index is 0.0177. The fraction of sp³-hybridized carbons (Fsp3) is 0.381. The third-order valence-electron chi connectivity index (χ3n) is 5.05. The molecule has 3 heterocycles. The van der Waals surface area contributed by atoms with Crippen LogP contribution >= 0.6 is 11.3 Å². The molecule has 1 atom stereocenters. The molecule has 0 spiro atoms. The summed E-state index contributed by atoms with van der Waals surface area (Å²) in [7, 11) is 0. The monoisotopic (exact) mass is 411 g/mol. The van der Waals surface area contributed by atoms with E-state index in [1.54, 1.807) is 17.5 Å². The van der Waals surface area contributed by atoms with Crippen molar-refractivity contribution in [2.75, 3.05) is 36.5 Å². The van der Waals surface area contributed by atoms with Gasteiger partial charge < -0.3 is 15.0 Å². The van der Waals surface area contributed by atoms with E-state index in [-0.39, 0.29) is 11.8 Å². The van der Waals surface area contributed by atoms with Gasteiger partial charge in [0.15, 0.2) is 5.13 Å². The first kappa shape index (κ1) is 19.6. The molecule has 1 saturated heterocycles. The summed E-state index contributed by atoms with van der Waals surface area (Å²) in [5.41, 5.74) is 3.83. The standard InChI is InChI=1S/C21H25N5O2S/c1-15(13-26-16(2)7-8-22-26)20(27)23-18-5-3-17(4-6-18)19-14-29-21(24-19)25-9-11-28-12-10-25/h3-8,14-15H,9-13H2,1-2H3,(H,23,27). The molecule has 0 radical (unpaired) electrons. The number of aryl methyl sites for hydroxylation is 1. The zero-order valence-corrected chi connectivity index (χ0v) is 17.5. The van der Waals surface area contributed by atoms with Crippen LogP contribution in [0.4, 0.5) is 10.8 Å². The molecule has 4 rings (SSSR count). The summed E-state index contributed by atoms with van der Waals surface area (Å²) in [5, 5.41) is 10.3. The Kier molecular flexibility index (Phi) is 5.92. The number of nitrogens with one attached hydrogen (secondary N) is 1. The Hall–Kier alpha value is -2.71. The van der Waals surface area contributed by atoms with E-state index in [4.69, 9.17) is 9.72 Å². The molecule has 7 nitrogen and oxygen atoms in total. The van der Waals surface area contributed by atoms with Gasteiger partial charge in [0, 0.05) is 41.6 Å². The molecule has 0 saturated carbocycles. The highest BCUT2D eigenvalue weighted by Gasteiger charge is 2.17. The number of aromatic nitrogens is 3. The molecule has 3 aromatic rings. The van der Waals surface area contributed by atoms with Gasteiger partial charge in [0.2, 0.25) is 5.91 Å². The van der Waals surface area contributed by atoms with Gasteiger partial charge in [-0.3, -0.25) is 9.48 Å². The summed E-state index contributed by atoms with van der Waals surface area (Å²) in [4.78, 5) is 19.5. The third kappa shape index (κ3) is 4.65. The number of thiazole rings is 1. The second-order valence-electron chi connectivity index (χ2n) is 7.24. The van der Waals surface area contributed by atoms with E-state index in [0.29, 0.717) is 6.54 Å². The first-order chi connectivity index (χ1) is 14.1. The maximum atomic E-state index is 12.5. The fourth-order valence-corrected chi connectivity index (χ4v) is 4.11. The van der Waals surface area contributed by atoms with Gasteiger partial charge in [-0.2, -0.15) is 5.10 Å². The molecule has 1 fully saturated rings. The molecule has 0 bridgehead atoms. The van der Waals surface area contributed by atoms with Crippen molar-refractivity contribution in [3.05, 3.63) is 47.6 Å². The van der Waals surface area contributed by atoms with E-state index < -0.39 is 0 Å². The highest BCUT2D eigenvalue weighted by atomic mass is 32.1. The first-order valence-electron chi connectivity index (χ1n) is 9.78. The largest absolute Gasteiger partial charge is 0.378 e. The number of ether oxygens (including phenoxy) is 1. The van der Waals surface area contributed by atoms with E-state index in [2.05, 4.69) is 20.7 Å². The average Bonchev–Trinajstić information content (AvgIpc) is 3.39.